The molecule has 0 saturated heterocycles. The molecule has 3 rings (SSSR count). The van der Waals surface area contributed by atoms with Gasteiger partial charge in [0.1, 0.15) is 5.82 Å². The lowest BCUT2D eigenvalue weighted by molar-refractivity contribution is 0.457. The van der Waals surface area contributed by atoms with Crippen molar-refractivity contribution in [1.82, 2.24) is 4.98 Å². The summed E-state index contributed by atoms with van der Waals surface area (Å²) >= 11 is 0. The summed E-state index contributed by atoms with van der Waals surface area (Å²) < 4.78 is 13.3. The second-order valence-corrected chi connectivity index (χ2v) is 4.86. The molecule has 3 nitrogen and oxygen atoms in total. The zero-order valence-corrected chi connectivity index (χ0v) is 11.6. The van der Waals surface area contributed by atoms with Crippen LogP contribution in [-0.4, -0.2) is 16.3 Å². The summed E-state index contributed by atoms with van der Waals surface area (Å²) in [5, 5.41) is 10.5. The van der Waals surface area contributed by atoms with E-state index in [-0.39, 0.29) is 11.7 Å². The van der Waals surface area contributed by atoms with E-state index in [9.17, 15) is 9.50 Å². The quantitative estimate of drug-likeness (QED) is 0.690. The minimum absolute atomic E-state index is 0.00834. The van der Waals surface area contributed by atoms with Crippen LogP contribution in [0, 0.1) is 5.82 Å². The number of rotatable bonds is 3. The van der Waals surface area contributed by atoms with Crippen LogP contribution < -0.4 is 0 Å². The van der Waals surface area contributed by atoms with Crippen molar-refractivity contribution in [1.29, 1.82) is 0 Å². The van der Waals surface area contributed by atoms with Gasteiger partial charge in [0.25, 0.3) is 0 Å². The summed E-state index contributed by atoms with van der Waals surface area (Å²) in [5.41, 5.74) is 3.17. The molecule has 0 fully saturated rings. The van der Waals surface area contributed by atoms with Gasteiger partial charge in [-0.25, -0.2) is 4.39 Å². The van der Waals surface area contributed by atoms with E-state index >= 15 is 0 Å². The lowest BCUT2D eigenvalue weighted by atomic mass is 10.1. The fraction of sp³-hybridized carbons (Fsp3) is 0.118. The average Bonchev–Trinajstić information content (AvgIpc) is 2.80. The van der Waals surface area contributed by atoms with Gasteiger partial charge in [0.05, 0.1) is 11.3 Å². The van der Waals surface area contributed by atoms with Crippen LogP contribution in [0.15, 0.2) is 47.5 Å². The summed E-state index contributed by atoms with van der Waals surface area (Å²) in [6, 6.07) is 12.2. The Balaban J connectivity index is 2.02. The van der Waals surface area contributed by atoms with Gasteiger partial charge in [-0.15, -0.1) is 0 Å². The normalized spacial score (nSPS) is 11.5. The molecule has 0 aliphatic rings. The Morgan fingerprint density at radius 3 is 2.90 bits per heavy atom. The average molecular weight is 282 g/mol. The number of aryl methyl sites for hydroxylation is 1. The lowest BCUT2D eigenvalue weighted by Gasteiger charge is -1.98. The molecule has 2 N–H and O–H groups in total. The van der Waals surface area contributed by atoms with E-state index in [1.54, 1.807) is 12.3 Å². The van der Waals surface area contributed by atoms with Crippen molar-refractivity contribution in [3.8, 4) is 5.88 Å². The molecule has 0 aliphatic heterocycles. The summed E-state index contributed by atoms with van der Waals surface area (Å²) in [6.45, 7) is 2.08. The van der Waals surface area contributed by atoms with Crippen LogP contribution in [0.25, 0.3) is 10.9 Å². The molecule has 4 heteroatoms. The highest BCUT2D eigenvalue weighted by molar-refractivity contribution is 6.02. The SMILES string of the molecule is CCc1cccc(N=Cc2c(O)[nH]c3ccc(F)cc23)c1. The molecule has 0 aliphatic carbocycles. The third-order valence-electron chi connectivity index (χ3n) is 3.44. The van der Waals surface area contributed by atoms with Gasteiger partial charge in [-0.1, -0.05) is 19.1 Å². The van der Waals surface area contributed by atoms with E-state index in [1.165, 1.54) is 17.7 Å². The second kappa shape index (κ2) is 5.40. The first-order chi connectivity index (χ1) is 10.2. The van der Waals surface area contributed by atoms with Gasteiger partial charge < -0.3 is 10.1 Å². The van der Waals surface area contributed by atoms with Crippen molar-refractivity contribution >= 4 is 22.8 Å². The molecule has 0 bridgehead atoms. The van der Waals surface area contributed by atoms with Crippen molar-refractivity contribution in [2.24, 2.45) is 4.99 Å². The molecule has 106 valence electrons. The van der Waals surface area contributed by atoms with Crippen molar-refractivity contribution in [2.75, 3.05) is 0 Å². The van der Waals surface area contributed by atoms with Crippen molar-refractivity contribution in [3.05, 3.63) is 59.4 Å². The van der Waals surface area contributed by atoms with Gasteiger partial charge in [0, 0.05) is 17.1 Å². The monoisotopic (exact) mass is 282 g/mol. The zero-order chi connectivity index (χ0) is 14.8. The number of hydrogen-bond acceptors (Lipinski definition) is 2. The zero-order valence-electron chi connectivity index (χ0n) is 11.6. The predicted octanol–water partition coefficient (Wildman–Crippen LogP) is 4.33. The molecule has 2 aromatic carbocycles. The second-order valence-electron chi connectivity index (χ2n) is 4.86. The number of H-pyrrole nitrogens is 1. The number of aromatic hydroxyl groups is 1. The number of nitrogens with zero attached hydrogens (tertiary/aromatic N) is 1. The fourth-order valence-corrected chi connectivity index (χ4v) is 2.30. The number of halogens is 1. The maximum absolute atomic E-state index is 13.3. The maximum atomic E-state index is 13.3. The summed E-state index contributed by atoms with van der Waals surface area (Å²) in [7, 11) is 0. The van der Waals surface area contributed by atoms with Gasteiger partial charge in [0.2, 0.25) is 0 Å². The Hall–Kier alpha value is -2.62. The van der Waals surface area contributed by atoms with Gasteiger partial charge in [-0.05, 0) is 42.3 Å². The minimum Gasteiger partial charge on any atom is -0.494 e. The number of fused-ring (bicyclic) bond motifs is 1. The number of aromatic amines is 1. The lowest BCUT2D eigenvalue weighted by Crippen LogP contribution is -1.81. The molecular weight excluding hydrogens is 267 g/mol. The molecule has 1 heterocycles. The topological polar surface area (TPSA) is 48.4 Å². The summed E-state index contributed by atoms with van der Waals surface area (Å²) in [6.07, 6.45) is 2.50. The first-order valence-electron chi connectivity index (χ1n) is 6.80. The van der Waals surface area contributed by atoms with Crippen LogP contribution in [0.4, 0.5) is 10.1 Å². The number of aromatic nitrogens is 1. The third kappa shape index (κ3) is 2.65. The molecule has 0 atom stereocenters. The molecule has 1 aromatic heterocycles. The molecule has 0 spiro atoms. The molecule has 0 unspecified atom stereocenters. The first-order valence-corrected chi connectivity index (χ1v) is 6.80. The Bertz CT molecular complexity index is 821. The van der Waals surface area contributed by atoms with Crippen LogP contribution >= 0.6 is 0 Å². The summed E-state index contributed by atoms with van der Waals surface area (Å²) in [5.74, 6) is -0.352. The Morgan fingerprint density at radius 1 is 1.24 bits per heavy atom. The largest absolute Gasteiger partial charge is 0.494 e. The van der Waals surface area contributed by atoms with E-state index in [0.29, 0.717) is 16.5 Å². The van der Waals surface area contributed by atoms with Gasteiger partial charge in [-0.3, -0.25) is 4.99 Å². The highest BCUT2D eigenvalue weighted by Gasteiger charge is 2.09. The van der Waals surface area contributed by atoms with Crippen LogP contribution in [0.5, 0.6) is 5.88 Å². The van der Waals surface area contributed by atoms with Crippen LogP contribution in [0.2, 0.25) is 0 Å². The Morgan fingerprint density at radius 2 is 2.10 bits per heavy atom. The van der Waals surface area contributed by atoms with E-state index in [2.05, 4.69) is 16.9 Å². The number of aliphatic imine (C=N–C) groups is 1. The molecular formula is C17H15FN2O. The van der Waals surface area contributed by atoms with Crippen LogP contribution in [0.1, 0.15) is 18.1 Å². The Kier molecular flexibility index (Phi) is 3.44. The van der Waals surface area contributed by atoms with Gasteiger partial charge >= 0.3 is 0 Å². The van der Waals surface area contributed by atoms with Crippen molar-refractivity contribution < 1.29 is 9.50 Å². The number of hydrogen-bond donors (Lipinski definition) is 2. The van der Waals surface area contributed by atoms with Gasteiger partial charge in [-0.2, -0.15) is 0 Å². The third-order valence-corrected chi connectivity index (χ3v) is 3.44. The Labute approximate surface area is 121 Å². The van der Waals surface area contributed by atoms with E-state index in [1.807, 2.05) is 24.3 Å². The molecule has 0 saturated carbocycles. The van der Waals surface area contributed by atoms with E-state index in [0.717, 1.165) is 12.1 Å². The molecule has 0 amide bonds. The predicted molar refractivity (Wildman–Crippen MR) is 83.0 cm³/mol. The molecule has 3 aromatic rings. The number of benzene rings is 2. The van der Waals surface area contributed by atoms with Gasteiger partial charge in [0.15, 0.2) is 5.88 Å². The highest BCUT2D eigenvalue weighted by Crippen LogP contribution is 2.27. The first kappa shape index (κ1) is 13.4. The summed E-state index contributed by atoms with van der Waals surface area (Å²) in [4.78, 5) is 7.18. The molecule has 0 radical (unpaired) electrons. The van der Waals surface area contributed by atoms with Crippen molar-refractivity contribution in [2.45, 2.75) is 13.3 Å². The van der Waals surface area contributed by atoms with E-state index < -0.39 is 0 Å². The standard InChI is InChI=1S/C17H15FN2O/c1-2-11-4-3-5-13(8-11)19-10-15-14-9-12(18)6-7-16(14)20-17(15)21/h3-10,20-21H,2H2,1H3. The van der Waals surface area contributed by atoms with Crippen molar-refractivity contribution in [3.63, 3.8) is 0 Å². The van der Waals surface area contributed by atoms with E-state index in [4.69, 9.17) is 0 Å². The van der Waals surface area contributed by atoms with Crippen LogP contribution in [0.3, 0.4) is 0 Å². The highest BCUT2D eigenvalue weighted by atomic mass is 19.1. The number of nitrogens with one attached hydrogen (secondary N) is 1. The molecule has 21 heavy (non-hydrogen) atoms. The maximum Gasteiger partial charge on any atom is 0.198 e. The smallest absolute Gasteiger partial charge is 0.198 e. The fourth-order valence-electron chi connectivity index (χ4n) is 2.30. The van der Waals surface area contributed by atoms with Crippen LogP contribution in [-0.2, 0) is 6.42 Å². The minimum atomic E-state index is -0.343.